The van der Waals surface area contributed by atoms with E-state index in [2.05, 4.69) is 21.8 Å². The Labute approximate surface area is 150 Å². The van der Waals surface area contributed by atoms with Gasteiger partial charge in [-0.2, -0.15) is 0 Å². The van der Waals surface area contributed by atoms with Gasteiger partial charge in [0.25, 0.3) is 0 Å². The first-order valence-electron chi connectivity index (χ1n) is 8.56. The third-order valence-corrected chi connectivity index (χ3v) is 6.93. The molecule has 24 heavy (non-hydrogen) atoms. The smallest absolute Gasteiger partial charge is 0.222 e. The van der Waals surface area contributed by atoms with E-state index < -0.39 is 0 Å². The number of piperidine rings is 1. The van der Waals surface area contributed by atoms with Gasteiger partial charge in [-0.1, -0.05) is 0 Å². The van der Waals surface area contributed by atoms with Crippen molar-refractivity contribution in [3.8, 4) is 0 Å². The van der Waals surface area contributed by atoms with Gasteiger partial charge in [0.15, 0.2) is 0 Å². The Hall–Kier alpha value is -1.24. The summed E-state index contributed by atoms with van der Waals surface area (Å²) in [6.07, 6.45) is 4.16. The van der Waals surface area contributed by atoms with E-state index in [4.69, 9.17) is 4.74 Å². The molecule has 2 aromatic rings. The highest BCUT2D eigenvalue weighted by Gasteiger charge is 2.42. The topological polar surface area (TPSA) is 42.4 Å². The van der Waals surface area contributed by atoms with Gasteiger partial charge in [-0.25, -0.2) is 4.98 Å². The van der Waals surface area contributed by atoms with E-state index in [-0.39, 0.29) is 11.5 Å². The van der Waals surface area contributed by atoms with Gasteiger partial charge < -0.3 is 9.64 Å². The molecule has 0 aromatic carbocycles. The number of carbonyl (C=O) groups excluding carboxylic acids is 1. The van der Waals surface area contributed by atoms with Crippen molar-refractivity contribution in [2.75, 3.05) is 19.7 Å². The van der Waals surface area contributed by atoms with Crippen LogP contribution in [-0.4, -0.2) is 35.5 Å². The molecule has 0 radical (unpaired) electrons. The van der Waals surface area contributed by atoms with Gasteiger partial charge in [-0.15, -0.1) is 22.7 Å². The fraction of sp³-hybridized carbons (Fsp3) is 0.556. The largest absolute Gasteiger partial charge is 0.370 e. The van der Waals surface area contributed by atoms with E-state index in [1.54, 1.807) is 11.3 Å². The molecule has 4 rings (SSSR count). The number of fused-ring (bicyclic) bond motifs is 2. The molecule has 0 atom stereocenters. The van der Waals surface area contributed by atoms with E-state index in [9.17, 15) is 4.79 Å². The van der Waals surface area contributed by atoms with Crippen molar-refractivity contribution in [3.63, 3.8) is 0 Å². The van der Waals surface area contributed by atoms with Crippen LogP contribution in [0.3, 0.4) is 0 Å². The summed E-state index contributed by atoms with van der Waals surface area (Å²) < 4.78 is 6.21. The highest BCUT2D eigenvalue weighted by Crippen LogP contribution is 2.43. The molecule has 2 aromatic heterocycles. The minimum absolute atomic E-state index is 0.142. The number of amides is 1. The second-order valence-corrected chi connectivity index (χ2v) is 8.65. The lowest BCUT2D eigenvalue weighted by Gasteiger charge is -2.44. The molecule has 0 N–H and O–H groups in total. The van der Waals surface area contributed by atoms with Crippen LogP contribution in [0.5, 0.6) is 0 Å². The highest BCUT2D eigenvalue weighted by atomic mass is 32.1. The standard InChI is InChI=1S/C18H22N2O2S2/c1-13-19-14(12-24-13)2-3-17(21)20-8-6-18(7-9-20)15-5-11-23-16(15)4-10-22-18/h5,11-12H,2-4,6-10H2,1H3. The summed E-state index contributed by atoms with van der Waals surface area (Å²) in [6.45, 7) is 4.40. The molecule has 4 nitrogen and oxygen atoms in total. The first kappa shape index (κ1) is 16.2. The van der Waals surface area contributed by atoms with Crippen LogP contribution in [0.2, 0.25) is 0 Å². The van der Waals surface area contributed by atoms with Gasteiger partial charge in [0.05, 0.1) is 22.9 Å². The molecule has 1 fully saturated rings. The molecule has 1 amide bonds. The van der Waals surface area contributed by atoms with Crippen molar-refractivity contribution in [1.82, 2.24) is 9.88 Å². The van der Waals surface area contributed by atoms with E-state index in [1.165, 1.54) is 10.4 Å². The SMILES string of the molecule is Cc1nc(CCC(=O)N2CCC3(CC2)OCCc2sccc23)cs1. The summed E-state index contributed by atoms with van der Waals surface area (Å²) in [7, 11) is 0. The molecule has 1 saturated heterocycles. The summed E-state index contributed by atoms with van der Waals surface area (Å²) in [4.78, 5) is 20.4. The summed E-state index contributed by atoms with van der Waals surface area (Å²) in [6, 6.07) is 2.22. The van der Waals surface area contributed by atoms with Crippen molar-refractivity contribution in [3.05, 3.63) is 38.0 Å². The maximum absolute atomic E-state index is 12.5. The molecule has 0 bridgehead atoms. The molecular weight excluding hydrogens is 340 g/mol. The summed E-state index contributed by atoms with van der Waals surface area (Å²) in [5.74, 6) is 0.247. The minimum atomic E-state index is -0.142. The lowest BCUT2D eigenvalue weighted by Crippen LogP contribution is -2.48. The molecule has 0 saturated carbocycles. The van der Waals surface area contributed by atoms with Gasteiger partial charge in [0.1, 0.15) is 0 Å². The van der Waals surface area contributed by atoms with Gasteiger partial charge in [-0.3, -0.25) is 4.79 Å². The zero-order chi connectivity index (χ0) is 16.6. The lowest BCUT2D eigenvalue weighted by atomic mass is 9.82. The molecule has 2 aliphatic rings. The Bertz CT molecular complexity index is 729. The van der Waals surface area contributed by atoms with Crippen molar-refractivity contribution in [2.24, 2.45) is 0 Å². The molecular formula is C18H22N2O2S2. The van der Waals surface area contributed by atoms with Crippen LogP contribution in [0.4, 0.5) is 0 Å². The fourth-order valence-electron chi connectivity index (χ4n) is 3.80. The molecule has 4 heterocycles. The Morgan fingerprint density at radius 3 is 2.96 bits per heavy atom. The van der Waals surface area contributed by atoms with E-state index in [0.717, 1.165) is 56.1 Å². The van der Waals surface area contributed by atoms with Crippen LogP contribution in [-0.2, 0) is 28.0 Å². The molecule has 6 heteroatoms. The first-order valence-corrected chi connectivity index (χ1v) is 10.3. The van der Waals surface area contributed by atoms with Crippen LogP contribution in [0.1, 0.15) is 40.4 Å². The Morgan fingerprint density at radius 1 is 1.38 bits per heavy atom. The number of nitrogens with zero attached hydrogens (tertiary/aromatic N) is 2. The molecule has 0 aliphatic carbocycles. The molecule has 0 unspecified atom stereocenters. The van der Waals surface area contributed by atoms with Crippen LogP contribution in [0.25, 0.3) is 0 Å². The number of rotatable bonds is 3. The second kappa shape index (κ2) is 6.58. The highest BCUT2D eigenvalue weighted by molar-refractivity contribution is 7.10. The monoisotopic (exact) mass is 362 g/mol. The quantitative estimate of drug-likeness (QED) is 0.839. The number of carbonyl (C=O) groups is 1. The molecule has 1 spiro atoms. The fourth-order valence-corrected chi connectivity index (χ4v) is 5.40. The van der Waals surface area contributed by atoms with E-state index >= 15 is 0 Å². The predicted molar refractivity (Wildman–Crippen MR) is 96.6 cm³/mol. The van der Waals surface area contributed by atoms with Gasteiger partial charge in [0.2, 0.25) is 5.91 Å². The van der Waals surface area contributed by atoms with Crippen molar-refractivity contribution < 1.29 is 9.53 Å². The number of hydrogen-bond donors (Lipinski definition) is 0. The average molecular weight is 363 g/mol. The van der Waals surface area contributed by atoms with Crippen molar-refractivity contribution >= 4 is 28.6 Å². The zero-order valence-corrected chi connectivity index (χ0v) is 15.5. The van der Waals surface area contributed by atoms with Crippen LogP contribution >= 0.6 is 22.7 Å². The van der Waals surface area contributed by atoms with Gasteiger partial charge in [-0.05, 0) is 43.2 Å². The molecule has 128 valence electrons. The third-order valence-electron chi connectivity index (χ3n) is 5.13. The lowest BCUT2D eigenvalue weighted by molar-refractivity contribution is -0.140. The van der Waals surface area contributed by atoms with E-state index in [1.807, 2.05) is 23.2 Å². The number of aromatic nitrogens is 1. The number of thiazole rings is 1. The van der Waals surface area contributed by atoms with Gasteiger partial charge in [0, 0.05) is 36.2 Å². The predicted octanol–water partition coefficient (Wildman–Crippen LogP) is 3.54. The number of hydrogen-bond acceptors (Lipinski definition) is 5. The summed E-state index contributed by atoms with van der Waals surface area (Å²) in [5.41, 5.74) is 2.28. The first-order chi connectivity index (χ1) is 11.7. The van der Waals surface area contributed by atoms with Crippen molar-refractivity contribution in [1.29, 1.82) is 0 Å². The van der Waals surface area contributed by atoms with Crippen LogP contribution < -0.4 is 0 Å². The normalized spacial score (nSPS) is 19.5. The Kier molecular flexibility index (Phi) is 4.45. The van der Waals surface area contributed by atoms with Crippen LogP contribution in [0.15, 0.2) is 16.8 Å². The molecule has 2 aliphatic heterocycles. The Morgan fingerprint density at radius 2 is 2.21 bits per heavy atom. The number of aryl methyl sites for hydroxylation is 2. The zero-order valence-electron chi connectivity index (χ0n) is 13.9. The van der Waals surface area contributed by atoms with E-state index in [0.29, 0.717) is 6.42 Å². The van der Waals surface area contributed by atoms with Crippen LogP contribution in [0, 0.1) is 6.92 Å². The minimum Gasteiger partial charge on any atom is -0.370 e. The Balaban J connectivity index is 1.36. The number of likely N-dealkylation sites (tertiary alicyclic amines) is 1. The van der Waals surface area contributed by atoms with Crippen molar-refractivity contribution in [2.45, 2.75) is 44.6 Å². The van der Waals surface area contributed by atoms with Gasteiger partial charge >= 0.3 is 0 Å². The third kappa shape index (κ3) is 3.03. The summed E-state index contributed by atoms with van der Waals surface area (Å²) in [5, 5.41) is 5.30. The maximum atomic E-state index is 12.5. The maximum Gasteiger partial charge on any atom is 0.222 e. The average Bonchev–Trinajstić information content (AvgIpc) is 3.23. The summed E-state index contributed by atoms with van der Waals surface area (Å²) >= 11 is 3.49. The number of ether oxygens (including phenoxy) is 1. The number of thiophene rings is 1. The second-order valence-electron chi connectivity index (χ2n) is 6.59.